The first-order chi connectivity index (χ1) is 6.43. The number of allylic oxidation sites excluding steroid dienone is 2. The van der Waals surface area contributed by atoms with Gasteiger partial charge in [0.25, 0.3) is 0 Å². The van der Waals surface area contributed by atoms with Gasteiger partial charge in [-0.3, -0.25) is 0 Å². The lowest BCUT2D eigenvalue weighted by Crippen LogP contribution is -1.94. The molecule has 0 nitrogen and oxygen atoms in total. The fourth-order valence-electron chi connectivity index (χ4n) is 2.00. The summed E-state index contributed by atoms with van der Waals surface area (Å²) in [5, 5.41) is 0. The first-order valence-corrected chi connectivity index (χ1v) is 5.89. The van der Waals surface area contributed by atoms with E-state index in [9.17, 15) is 0 Å². The smallest absolute Gasteiger partial charge is 0.0234 e. The number of hydrogen-bond donors (Lipinski definition) is 0. The van der Waals surface area contributed by atoms with Crippen molar-refractivity contribution in [2.75, 3.05) is 0 Å². The maximum absolute atomic E-state index is 4.01. The first kappa shape index (κ1) is 10.8. The van der Waals surface area contributed by atoms with Gasteiger partial charge in [-0.2, -0.15) is 0 Å². The molecule has 1 radical (unpaired) electrons. The minimum atomic E-state index is 0.762. The van der Waals surface area contributed by atoms with Crippen molar-refractivity contribution in [3.8, 4) is 0 Å². The van der Waals surface area contributed by atoms with Crippen LogP contribution in [-0.4, -0.2) is 0 Å². The van der Waals surface area contributed by atoms with E-state index in [0.717, 1.165) is 12.3 Å². The molecular weight excluding hydrogens is 156 g/mol. The number of hydrogen-bond acceptors (Lipinski definition) is 0. The topological polar surface area (TPSA) is 0 Å². The molecule has 75 valence electrons. The van der Waals surface area contributed by atoms with Gasteiger partial charge < -0.3 is 0 Å². The molecule has 0 bridgehead atoms. The zero-order valence-corrected chi connectivity index (χ0v) is 8.80. The SMILES string of the molecule is [CH2]CC1C=CCCCCCCCC1. The molecule has 0 heteroatoms. The quantitative estimate of drug-likeness (QED) is 0.519. The molecule has 0 aliphatic heterocycles. The van der Waals surface area contributed by atoms with E-state index in [1.807, 2.05) is 0 Å². The van der Waals surface area contributed by atoms with Crippen molar-refractivity contribution in [3.05, 3.63) is 19.1 Å². The Morgan fingerprint density at radius 1 is 1.00 bits per heavy atom. The van der Waals surface area contributed by atoms with Crippen LogP contribution in [0.1, 0.15) is 57.8 Å². The standard InChI is InChI=1S/C13H23/c1-2-13-11-9-7-5-3-4-6-8-10-12-13/h9,11,13H,1-8,10,12H2. The van der Waals surface area contributed by atoms with E-state index < -0.39 is 0 Å². The summed E-state index contributed by atoms with van der Waals surface area (Å²) in [5.74, 6) is 0.762. The van der Waals surface area contributed by atoms with Gasteiger partial charge in [0.15, 0.2) is 0 Å². The van der Waals surface area contributed by atoms with Gasteiger partial charge in [-0.1, -0.05) is 51.2 Å². The molecule has 0 N–H and O–H groups in total. The fraction of sp³-hybridized carbons (Fsp3) is 0.769. The molecule has 1 aliphatic carbocycles. The van der Waals surface area contributed by atoms with Crippen LogP contribution < -0.4 is 0 Å². The van der Waals surface area contributed by atoms with Crippen LogP contribution in [0.2, 0.25) is 0 Å². The van der Waals surface area contributed by atoms with E-state index in [-0.39, 0.29) is 0 Å². The molecule has 0 aromatic rings. The highest BCUT2D eigenvalue weighted by atomic mass is 14.1. The Labute approximate surface area is 83.4 Å². The van der Waals surface area contributed by atoms with Crippen LogP contribution in [0, 0.1) is 12.8 Å². The van der Waals surface area contributed by atoms with Crippen molar-refractivity contribution < 1.29 is 0 Å². The average Bonchev–Trinajstić information content (AvgIpc) is 2.22. The fourth-order valence-corrected chi connectivity index (χ4v) is 2.00. The van der Waals surface area contributed by atoms with Gasteiger partial charge >= 0.3 is 0 Å². The van der Waals surface area contributed by atoms with E-state index in [1.54, 1.807) is 0 Å². The molecule has 1 unspecified atom stereocenters. The average molecular weight is 179 g/mol. The molecule has 0 aromatic carbocycles. The molecular formula is C13H23. The van der Waals surface area contributed by atoms with Crippen LogP contribution in [0.5, 0.6) is 0 Å². The Balaban J connectivity index is 2.29. The molecule has 0 fully saturated rings. The molecule has 0 aromatic heterocycles. The minimum absolute atomic E-state index is 0.762. The second kappa shape index (κ2) is 7.17. The van der Waals surface area contributed by atoms with E-state index in [4.69, 9.17) is 0 Å². The Bertz CT molecular complexity index is 135. The van der Waals surface area contributed by atoms with Crippen LogP contribution >= 0.6 is 0 Å². The molecule has 1 aliphatic rings. The third-order valence-electron chi connectivity index (χ3n) is 2.97. The Kier molecular flexibility index (Phi) is 5.97. The van der Waals surface area contributed by atoms with Crippen LogP contribution in [0.3, 0.4) is 0 Å². The lowest BCUT2D eigenvalue weighted by Gasteiger charge is -2.08. The van der Waals surface area contributed by atoms with Gasteiger partial charge in [0.05, 0.1) is 0 Å². The van der Waals surface area contributed by atoms with E-state index >= 15 is 0 Å². The van der Waals surface area contributed by atoms with Gasteiger partial charge in [-0.25, -0.2) is 0 Å². The highest BCUT2D eigenvalue weighted by Gasteiger charge is 2.02. The largest absolute Gasteiger partial charge is 0.0883 e. The zero-order chi connectivity index (χ0) is 9.36. The van der Waals surface area contributed by atoms with E-state index in [2.05, 4.69) is 19.1 Å². The highest BCUT2D eigenvalue weighted by molar-refractivity contribution is 4.89. The van der Waals surface area contributed by atoms with Crippen molar-refractivity contribution >= 4 is 0 Å². The lowest BCUT2D eigenvalue weighted by molar-refractivity contribution is 0.525. The van der Waals surface area contributed by atoms with Crippen LogP contribution in [-0.2, 0) is 0 Å². The molecule has 0 saturated carbocycles. The number of rotatable bonds is 1. The Hall–Kier alpha value is -0.260. The van der Waals surface area contributed by atoms with Crippen molar-refractivity contribution in [2.45, 2.75) is 57.8 Å². The Morgan fingerprint density at radius 2 is 1.69 bits per heavy atom. The van der Waals surface area contributed by atoms with Gasteiger partial charge in [0.2, 0.25) is 0 Å². The van der Waals surface area contributed by atoms with Crippen molar-refractivity contribution in [1.29, 1.82) is 0 Å². The Morgan fingerprint density at radius 3 is 2.46 bits per heavy atom. The summed E-state index contributed by atoms with van der Waals surface area (Å²) >= 11 is 0. The molecule has 13 heavy (non-hydrogen) atoms. The third-order valence-corrected chi connectivity index (χ3v) is 2.97. The van der Waals surface area contributed by atoms with Gasteiger partial charge in [-0.15, -0.1) is 0 Å². The molecule has 1 rings (SSSR count). The van der Waals surface area contributed by atoms with Crippen molar-refractivity contribution in [1.82, 2.24) is 0 Å². The third kappa shape index (κ3) is 5.13. The summed E-state index contributed by atoms with van der Waals surface area (Å²) in [6.45, 7) is 4.01. The van der Waals surface area contributed by atoms with Crippen LogP contribution in [0.4, 0.5) is 0 Å². The summed E-state index contributed by atoms with van der Waals surface area (Å²) in [5.41, 5.74) is 0. The summed E-state index contributed by atoms with van der Waals surface area (Å²) < 4.78 is 0. The summed E-state index contributed by atoms with van der Waals surface area (Å²) in [7, 11) is 0. The maximum Gasteiger partial charge on any atom is -0.0234 e. The predicted molar refractivity (Wildman–Crippen MR) is 59.5 cm³/mol. The summed E-state index contributed by atoms with van der Waals surface area (Å²) in [6, 6.07) is 0. The lowest BCUT2D eigenvalue weighted by atomic mass is 9.98. The zero-order valence-electron chi connectivity index (χ0n) is 8.80. The summed E-state index contributed by atoms with van der Waals surface area (Å²) in [4.78, 5) is 0. The molecule has 0 spiro atoms. The minimum Gasteiger partial charge on any atom is -0.0883 e. The van der Waals surface area contributed by atoms with Crippen molar-refractivity contribution in [2.24, 2.45) is 5.92 Å². The second-order valence-electron chi connectivity index (χ2n) is 4.18. The molecule has 1 atom stereocenters. The normalized spacial score (nSPS) is 26.7. The van der Waals surface area contributed by atoms with Crippen LogP contribution in [0.15, 0.2) is 12.2 Å². The van der Waals surface area contributed by atoms with E-state index in [0.29, 0.717) is 0 Å². The highest BCUT2D eigenvalue weighted by Crippen LogP contribution is 2.18. The van der Waals surface area contributed by atoms with E-state index in [1.165, 1.54) is 51.4 Å². The van der Waals surface area contributed by atoms with Gasteiger partial charge in [0, 0.05) is 0 Å². The maximum atomic E-state index is 4.01. The monoisotopic (exact) mass is 179 g/mol. The van der Waals surface area contributed by atoms with Gasteiger partial charge in [-0.05, 0) is 31.6 Å². The second-order valence-corrected chi connectivity index (χ2v) is 4.18. The molecule has 0 amide bonds. The summed E-state index contributed by atoms with van der Waals surface area (Å²) in [6.07, 6.45) is 17.1. The van der Waals surface area contributed by atoms with Crippen LogP contribution in [0.25, 0.3) is 0 Å². The predicted octanol–water partition coefficient (Wildman–Crippen LogP) is 4.52. The molecule has 0 heterocycles. The first-order valence-electron chi connectivity index (χ1n) is 5.89. The molecule has 0 saturated heterocycles. The van der Waals surface area contributed by atoms with Crippen molar-refractivity contribution in [3.63, 3.8) is 0 Å². The van der Waals surface area contributed by atoms with Gasteiger partial charge in [0.1, 0.15) is 0 Å².